The Hall–Kier alpha value is -0.780. The van der Waals surface area contributed by atoms with Crippen LogP contribution in [0, 0.1) is 13.8 Å². The van der Waals surface area contributed by atoms with Gasteiger partial charge in [-0.25, -0.2) is 9.97 Å². The summed E-state index contributed by atoms with van der Waals surface area (Å²) in [6.07, 6.45) is 0. The molecule has 0 atom stereocenters. The van der Waals surface area contributed by atoms with Crippen LogP contribution in [0.3, 0.4) is 0 Å². The maximum absolute atomic E-state index is 4.66. The predicted octanol–water partition coefficient (Wildman–Crippen LogP) is 4.47. The fourth-order valence-electron chi connectivity index (χ4n) is 1.89. The molecule has 0 aliphatic carbocycles. The zero-order valence-corrected chi connectivity index (χ0v) is 14.9. The minimum atomic E-state index is 0.0934. The van der Waals surface area contributed by atoms with Crippen LogP contribution in [0.5, 0.6) is 0 Å². The number of rotatable bonds is 3. The average Bonchev–Trinajstić information content (AvgIpc) is 2.73. The summed E-state index contributed by atoms with van der Waals surface area (Å²) < 4.78 is 1.10. The van der Waals surface area contributed by atoms with Crippen LogP contribution in [0.1, 0.15) is 37.7 Å². The standard InChI is InChI=1S/C15H20BrN3S/c1-9-11(8-17-15(3,4)5)10(2)19-14(18-9)12-6-7-13(16)20-12/h6-7,17H,8H2,1-5H3. The molecule has 0 aliphatic rings. The second-order valence-corrected chi connectivity index (χ2v) is 8.37. The lowest BCUT2D eigenvalue weighted by molar-refractivity contribution is 0.422. The van der Waals surface area contributed by atoms with Crippen molar-refractivity contribution >= 4 is 27.3 Å². The number of thiophene rings is 1. The second kappa shape index (κ2) is 5.92. The van der Waals surface area contributed by atoms with Crippen LogP contribution in [-0.2, 0) is 6.54 Å². The van der Waals surface area contributed by atoms with Gasteiger partial charge >= 0.3 is 0 Å². The van der Waals surface area contributed by atoms with Gasteiger partial charge in [-0.05, 0) is 62.7 Å². The smallest absolute Gasteiger partial charge is 0.169 e. The van der Waals surface area contributed by atoms with Gasteiger partial charge < -0.3 is 5.32 Å². The molecule has 0 unspecified atom stereocenters. The monoisotopic (exact) mass is 353 g/mol. The Labute approximate surface area is 133 Å². The Kier molecular flexibility index (Phi) is 4.62. The lowest BCUT2D eigenvalue weighted by atomic mass is 10.1. The predicted molar refractivity (Wildman–Crippen MR) is 89.1 cm³/mol. The Morgan fingerprint density at radius 1 is 1.15 bits per heavy atom. The van der Waals surface area contributed by atoms with Crippen LogP contribution in [0.25, 0.3) is 10.7 Å². The van der Waals surface area contributed by atoms with Gasteiger partial charge in [0.25, 0.3) is 0 Å². The van der Waals surface area contributed by atoms with Crippen molar-refractivity contribution in [2.24, 2.45) is 0 Å². The first kappa shape index (κ1) is 15.6. The molecule has 2 aromatic rings. The molecular formula is C15H20BrN3S. The number of hydrogen-bond acceptors (Lipinski definition) is 4. The van der Waals surface area contributed by atoms with Gasteiger partial charge in [-0.2, -0.15) is 0 Å². The highest BCUT2D eigenvalue weighted by molar-refractivity contribution is 9.11. The van der Waals surface area contributed by atoms with Crippen LogP contribution in [-0.4, -0.2) is 15.5 Å². The van der Waals surface area contributed by atoms with E-state index in [1.807, 2.05) is 6.07 Å². The Balaban J connectivity index is 2.29. The highest BCUT2D eigenvalue weighted by Crippen LogP contribution is 2.29. The summed E-state index contributed by atoms with van der Waals surface area (Å²) in [6, 6.07) is 4.08. The third-order valence-corrected chi connectivity index (χ3v) is 4.63. The van der Waals surface area contributed by atoms with E-state index in [2.05, 4.69) is 71.9 Å². The van der Waals surface area contributed by atoms with E-state index in [-0.39, 0.29) is 5.54 Å². The van der Waals surface area contributed by atoms with E-state index in [1.54, 1.807) is 11.3 Å². The van der Waals surface area contributed by atoms with Crippen molar-refractivity contribution in [2.45, 2.75) is 46.7 Å². The van der Waals surface area contributed by atoms with E-state index in [9.17, 15) is 0 Å². The number of nitrogens with one attached hydrogen (secondary N) is 1. The van der Waals surface area contributed by atoms with Crippen LogP contribution < -0.4 is 5.32 Å². The molecule has 1 N–H and O–H groups in total. The van der Waals surface area contributed by atoms with E-state index in [0.29, 0.717) is 0 Å². The number of halogens is 1. The van der Waals surface area contributed by atoms with Crippen molar-refractivity contribution in [3.05, 3.63) is 32.9 Å². The molecule has 3 nitrogen and oxygen atoms in total. The molecule has 2 rings (SSSR count). The van der Waals surface area contributed by atoms with E-state index in [4.69, 9.17) is 0 Å². The fraction of sp³-hybridized carbons (Fsp3) is 0.467. The van der Waals surface area contributed by atoms with Crippen LogP contribution in [0.15, 0.2) is 15.9 Å². The van der Waals surface area contributed by atoms with Crippen molar-refractivity contribution in [1.82, 2.24) is 15.3 Å². The second-order valence-electron chi connectivity index (χ2n) is 5.90. The topological polar surface area (TPSA) is 37.8 Å². The van der Waals surface area contributed by atoms with E-state index in [1.165, 1.54) is 5.56 Å². The first-order valence-electron chi connectivity index (χ1n) is 6.61. The van der Waals surface area contributed by atoms with E-state index < -0.39 is 0 Å². The maximum atomic E-state index is 4.66. The SMILES string of the molecule is Cc1nc(-c2ccc(Br)s2)nc(C)c1CNC(C)(C)C. The van der Waals surface area contributed by atoms with Crippen molar-refractivity contribution in [1.29, 1.82) is 0 Å². The lowest BCUT2D eigenvalue weighted by Gasteiger charge is -2.21. The molecule has 0 aliphatic heterocycles. The molecule has 20 heavy (non-hydrogen) atoms. The largest absolute Gasteiger partial charge is 0.308 e. The highest BCUT2D eigenvalue weighted by Gasteiger charge is 2.14. The quantitative estimate of drug-likeness (QED) is 0.884. The summed E-state index contributed by atoms with van der Waals surface area (Å²) in [5, 5.41) is 3.50. The molecule has 2 heterocycles. The summed E-state index contributed by atoms with van der Waals surface area (Å²) in [7, 11) is 0. The lowest BCUT2D eigenvalue weighted by Crippen LogP contribution is -2.35. The molecule has 0 radical (unpaired) electrons. The number of nitrogens with zero attached hydrogens (tertiary/aromatic N) is 2. The number of aryl methyl sites for hydroxylation is 2. The Morgan fingerprint density at radius 2 is 1.75 bits per heavy atom. The van der Waals surface area contributed by atoms with Gasteiger partial charge in [0, 0.05) is 29.0 Å². The molecule has 0 spiro atoms. The minimum Gasteiger partial charge on any atom is -0.308 e. The summed E-state index contributed by atoms with van der Waals surface area (Å²) in [5.74, 6) is 0.815. The van der Waals surface area contributed by atoms with Crippen molar-refractivity contribution in [3.63, 3.8) is 0 Å². The molecule has 0 fully saturated rings. The number of hydrogen-bond donors (Lipinski definition) is 1. The van der Waals surface area contributed by atoms with Gasteiger partial charge in [-0.3, -0.25) is 0 Å². The fourth-order valence-corrected chi connectivity index (χ4v) is 3.21. The molecule has 0 saturated heterocycles. The van der Waals surface area contributed by atoms with E-state index >= 15 is 0 Å². The molecule has 0 bridgehead atoms. The third kappa shape index (κ3) is 3.87. The molecular weight excluding hydrogens is 334 g/mol. The summed E-state index contributed by atoms with van der Waals surface area (Å²) in [4.78, 5) is 10.4. The molecule has 0 aromatic carbocycles. The molecule has 108 valence electrons. The van der Waals surface area contributed by atoms with Gasteiger partial charge in [-0.15, -0.1) is 11.3 Å². The zero-order valence-electron chi connectivity index (χ0n) is 12.5. The van der Waals surface area contributed by atoms with Gasteiger partial charge in [0.05, 0.1) is 8.66 Å². The first-order valence-corrected chi connectivity index (χ1v) is 8.22. The molecule has 2 aromatic heterocycles. The summed E-state index contributed by atoms with van der Waals surface area (Å²) in [6.45, 7) is 11.4. The zero-order chi connectivity index (χ0) is 14.9. The minimum absolute atomic E-state index is 0.0934. The first-order chi connectivity index (χ1) is 9.26. The Bertz CT molecular complexity index is 591. The normalized spacial score (nSPS) is 11.9. The van der Waals surface area contributed by atoms with Crippen LogP contribution in [0.4, 0.5) is 0 Å². The molecule has 5 heteroatoms. The van der Waals surface area contributed by atoms with Crippen LogP contribution >= 0.6 is 27.3 Å². The third-order valence-electron chi connectivity index (χ3n) is 3.01. The highest BCUT2D eigenvalue weighted by atomic mass is 79.9. The van der Waals surface area contributed by atoms with Gasteiger partial charge in [0.1, 0.15) is 0 Å². The van der Waals surface area contributed by atoms with Crippen LogP contribution in [0.2, 0.25) is 0 Å². The van der Waals surface area contributed by atoms with Gasteiger partial charge in [-0.1, -0.05) is 0 Å². The van der Waals surface area contributed by atoms with Gasteiger partial charge in [0.15, 0.2) is 5.82 Å². The van der Waals surface area contributed by atoms with E-state index in [0.717, 1.165) is 32.4 Å². The Morgan fingerprint density at radius 3 is 2.20 bits per heavy atom. The van der Waals surface area contributed by atoms with Crippen molar-refractivity contribution in [3.8, 4) is 10.7 Å². The summed E-state index contributed by atoms with van der Waals surface area (Å²) >= 11 is 5.14. The average molecular weight is 354 g/mol. The number of aromatic nitrogens is 2. The summed E-state index contributed by atoms with van der Waals surface area (Å²) in [5.41, 5.74) is 3.39. The van der Waals surface area contributed by atoms with Gasteiger partial charge in [0.2, 0.25) is 0 Å². The molecule has 0 saturated carbocycles. The molecule has 0 amide bonds. The van der Waals surface area contributed by atoms with Crippen molar-refractivity contribution < 1.29 is 0 Å². The van der Waals surface area contributed by atoms with Crippen molar-refractivity contribution in [2.75, 3.05) is 0 Å². The maximum Gasteiger partial charge on any atom is 0.169 e.